The van der Waals surface area contributed by atoms with Crippen LogP contribution in [0.4, 0.5) is 11.4 Å². The van der Waals surface area contributed by atoms with Crippen molar-refractivity contribution in [3.8, 4) is 0 Å². The van der Waals surface area contributed by atoms with E-state index in [9.17, 15) is 9.59 Å². The topological polar surface area (TPSA) is 67.2 Å². The fourth-order valence-corrected chi connectivity index (χ4v) is 4.39. The van der Waals surface area contributed by atoms with Crippen LogP contribution in [0, 0.1) is 13.8 Å². The molecular formula is C21H26N4O2S. The molecule has 0 fully saturated rings. The van der Waals surface area contributed by atoms with Crippen LogP contribution in [-0.2, 0) is 6.54 Å². The number of thiophene rings is 1. The van der Waals surface area contributed by atoms with Crippen LogP contribution in [-0.4, -0.2) is 28.5 Å². The number of carbonyl (C=O) groups is 1. The highest BCUT2D eigenvalue weighted by Crippen LogP contribution is 2.29. The Balaban J connectivity index is 1.92. The van der Waals surface area contributed by atoms with Crippen molar-refractivity contribution < 1.29 is 4.79 Å². The average molecular weight is 399 g/mol. The molecule has 0 bridgehead atoms. The summed E-state index contributed by atoms with van der Waals surface area (Å²) in [5.74, 6) is -0.207. The zero-order chi connectivity index (χ0) is 20.4. The summed E-state index contributed by atoms with van der Waals surface area (Å²) >= 11 is 1.26. The minimum atomic E-state index is -0.207. The molecule has 1 N–H and O–H groups in total. The molecule has 3 rings (SSSR count). The number of nitrogens with one attached hydrogen (secondary N) is 1. The quantitative estimate of drug-likeness (QED) is 0.676. The highest BCUT2D eigenvalue weighted by atomic mass is 32.1. The lowest BCUT2D eigenvalue weighted by Crippen LogP contribution is -2.22. The number of hydrogen-bond acceptors (Lipinski definition) is 5. The van der Waals surface area contributed by atoms with Crippen molar-refractivity contribution >= 4 is 38.8 Å². The third-order valence-corrected chi connectivity index (χ3v) is 6.25. The third-order valence-electron chi connectivity index (χ3n) is 5.05. The van der Waals surface area contributed by atoms with Crippen LogP contribution in [0.2, 0.25) is 0 Å². The predicted octanol–water partition coefficient (Wildman–Crippen LogP) is 4.19. The lowest BCUT2D eigenvalue weighted by atomic mass is 10.1. The maximum absolute atomic E-state index is 12.9. The van der Waals surface area contributed by atoms with Gasteiger partial charge in [-0.2, -0.15) is 0 Å². The highest BCUT2D eigenvalue weighted by molar-refractivity contribution is 7.20. The molecule has 28 heavy (non-hydrogen) atoms. The third kappa shape index (κ3) is 3.54. The van der Waals surface area contributed by atoms with Gasteiger partial charge in [0.05, 0.1) is 16.6 Å². The van der Waals surface area contributed by atoms with Crippen molar-refractivity contribution in [2.75, 3.05) is 23.3 Å². The van der Waals surface area contributed by atoms with Gasteiger partial charge in [0, 0.05) is 31.0 Å². The van der Waals surface area contributed by atoms with Crippen molar-refractivity contribution in [1.29, 1.82) is 0 Å². The molecule has 1 aromatic carbocycles. The monoisotopic (exact) mass is 398 g/mol. The molecule has 2 aromatic heterocycles. The Morgan fingerprint density at radius 1 is 1.21 bits per heavy atom. The Labute approximate surface area is 168 Å². The van der Waals surface area contributed by atoms with E-state index in [0.29, 0.717) is 27.2 Å². The van der Waals surface area contributed by atoms with Crippen molar-refractivity contribution in [3.05, 3.63) is 50.9 Å². The van der Waals surface area contributed by atoms with Gasteiger partial charge >= 0.3 is 0 Å². The summed E-state index contributed by atoms with van der Waals surface area (Å²) in [5.41, 5.74) is 3.51. The van der Waals surface area contributed by atoms with E-state index in [1.165, 1.54) is 11.3 Å². The van der Waals surface area contributed by atoms with Crippen molar-refractivity contribution in [2.24, 2.45) is 0 Å². The van der Waals surface area contributed by atoms with Gasteiger partial charge in [0.15, 0.2) is 0 Å². The molecule has 148 valence electrons. The number of nitrogens with zero attached hydrogens (tertiary/aromatic N) is 3. The number of carbonyl (C=O) groups excluding carboxylic acids is 1. The molecule has 7 heteroatoms. The maximum Gasteiger partial charge on any atom is 0.266 e. The summed E-state index contributed by atoms with van der Waals surface area (Å²) in [4.78, 5) is 33.2. The molecule has 2 heterocycles. The minimum absolute atomic E-state index is 0.0972. The number of aryl methyl sites for hydroxylation is 3. The number of fused-ring (bicyclic) bond motifs is 1. The van der Waals surface area contributed by atoms with Crippen LogP contribution in [0.25, 0.3) is 10.2 Å². The van der Waals surface area contributed by atoms with Gasteiger partial charge in [-0.3, -0.25) is 14.2 Å². The van der Waals surface area contributed by atoms with E-state index >= 15 is 0 Å². The Morgan fingerprint density at radius 3 is 2.54 bits per heavy atom. The Kier molecular flexibility index (Phi) is 5.84. The minimum Gasteiger partial charge on any atom is -0.372 e. The molecule has 0 aliphatic heterocycles. The van der Waals surface area contributed by atoms with Crippen molar-refractivity contribution in [2.45, 2.75) is 41.2 Å². The first kappa shape index (κ1) is 20.1. The summed E-state index contributed by atoms with van der Waals surface area (Å²) in [5, 5.41) is 3.53. The van der Waals surface area contributed by atoms with Crippen molar-refractivity contribution in [1.82, 2.24) is 9.55 Å². The van der Waals surface area contributed by atoms with E-state index in [1.54, 1.807) is 10.9 Å². The van der Waals surface area contributed by atoms with Crippen LogP contribution in [0.1, 0.15) is 41.6 Å². The zero-order valence-corrected chi connectivity index (χ0v) is 17.8. The van der Waals surface area contributed by atoms with Gasteiger partial charge in [-0.05, 0) is 63.9 Å². The summed E-state index contributed by atoms with van der Waals surface area (Å²) in [7, 11) is 0. The molecule has 0 aliphatic rings. The normalized spacial score (nSPS) is 11.0. The van der Waals surface area contributed by atoms with Crippen molar-refractivity contribution in [3.63, 3.8) is 0 Å². The molecule has 6 nitrogen and oxygen atoms in total. The second-order valence-electron chi connectivity index (χ2n) is 6.70. The van der Waals surface area contributed by atoms with E-state index in [-0.39, 0.29) is 11.5 Å². The molecule has 1 amide bonds. The number of amides is 1. The number of rotatable bonds is 6. The van der Waals surface area contributed by atoms with Crippen LogP contribution in [0.15, 0.2) is 29.3 Å². The first-order valence-corrected chi connectivity index (χ1v) is 10.4. The molecular weight excluding hydrogens is 372 g/mol. The molecule has 0 aliphatic carbocycles. The Bertz CT molecular complexity index is 1080. The summed E-state index contributed by atoms with van der Waals surface area (Å²) in [6.07, 6.45) is 1.54. The summed E-state index contributed by atoms with van der Waals surface area (Å²) in [6, 6.07) is 6.04. The second-order valence-corrected chi connectivity index (χ2v) is 7.70. The number of hydrogen-bond donors (Lipinski definition) is 1. The van der Waals surface area contributed by atoms with Crippen LogP contribution in [0.5, 0.6) is 0 Å². The first-order chi connectivity index (χ1) is 13.4. The van der Waals surface area contributed by atoms with Gasteiger partial charge < -0.3 is 10.2 Å². The fourth-order valence-electron chi connectivity index (χ4n) is 3.35. The van der Waals surface area contributed by atoms with Gasteiger partial charge in [-0.25, -0.2) is 4.98 Å². The van der Waals surface area contributed by atoms with E-state index < -0.39 is 0 Å². The van der Waals surface area contributed by atoms with E-state index in [2.05, 4.69) is 35.1 Å². The second kappa shape index (κ2) is 8.14. The standard InChI is InChI=1S/C21H26N4O2S/c1-6-24(7-2)15-9-10-16(13(4)11-15)23-19(26)18-14(5)17-20(28-18)22-12-25(8-3)21(17)27/h9-12H,6-8H2,1-5H3,(H,23,26). The van der Waals surface area contributed by atoms with Gasteiger partial charge in [0.25, 0.3) is 11.5 Å². The summed E-state index contributed by atoms with van der Waals surface area (Å²) in [6.45, 7) is 12.4. The Hall–Kier alpha value is -2.67. The van der Waals surface area contributed by atoms with Gasteiger partial charge in [0.1, 0.15) is 4.83 Å². The summed E-state index contributed by atoms with van der Waals surface area (Å²) < 4.78 is 1.56. The van der Waals surface area contributed by atoms with Gasteiger partial charge in [-0.15, -0.1) is 11.3 Å². The van der Waals surface area contributed by atoms with E-state index in [1.807, 2.05) is 32.9 Å². The molecule has 3 aromatic rings. The molecule has 0 saturated carbocycles. The molecule has 0 atom stereocenters. The number of aromatic nitrogens is 2. The van der Waals surface area contributed by atoms with E-state index in [0.717, 1.165) is 30.0 Å². The van der Waals surface area contributed by atoms with Crippen LogP contribution < -0.4 is 15.8 Å². The average Bonchev–Trinajstić information content (AvgIpc) is 3.02. The predicted molar refractivity (Wildman–Crippen MR) is 117 cm³/mol. The van der Waals surface area contributed by atoms with Gasteiger partial charge in [0.2, 0.25) is 0 Å². The highest BCUT2D eigenvalue weighted by Gasteiger charge is 2.20. The van der Waals surface area contributed by atoms with Crippen LogP contribution in [0.3, 0.4) is 0 Å². The number of benzene rings is 1. The molecule has 0 saturated heterocycles. The van der Waals surface area contributed by atoms with E-state index in [4.69, 9.17) is 0 Å². The van der Waals surface area contributed by atoms with Gasteiger partial charge in [-0.1, -0.05) is 0 Å². The smallest absolute Gasteiger partial charge is 0.266 e. The maximum atomic E-state index is 12.9. The Morgan fingerprint density at radius 2 is 1.93 bits per heavy atom. The lowest BCUT2D eigenvalue weighted by Gasteiger charge is -2.22. The first-order valence-electron chi connectivity index (χ1n) is 9.56. The SMILES string of the molecule is CCN(CC)c1ccc(NC(=O)c2sc3ncn(CC)c(=O)c3c2C)c(C)c1. The molecule has 0 unspecified atom stereocenters. The zero-order valence-electron chi connectivity index (χ0n) is 17.0. The largest absolute Gasteiger partial charge is 0.372 e. The lowest BCUT2D eigenvalue weighted by molar-refractivity contribution is 0.103. The fraction of sp³-hybridized carbons (Fsp3) is 0.381. The number of anilines is 2. The van der Waals surface area contributed by atoms with Crippen LogP contribution >= 0.6 is 11.3 Å². The molecule has 0 spiro atoms. The molecule has 0 radical (unpaired) electrons.